The van der Waals surface area contributed by atoms with Crippen molar-refractivity contribution >= 4 is 16.8 Å². The summed E-state index contributed by atoms with van der Waals surface area (Å²) in [6, 6.07) is 8.43. The molecule has 1 N–H and O–H groups in total. The molecule has 1 aromatic carbocycles. The van der Waals surface area contributed by atoms with Gasteiger partial charge in [-0.05, 0) is 36.8 Å². The summed E-state index contributed by atoms with van der Waals surface area (Å²) in [5.74, 6) is 2.00. The second kappa shape index (κ2) is 7.94. The Balaban J connectivity index is 1.30. The third kappa shape index (κ3) is 3.89. The molecule has 27 heavy (non-hydrogen) atoms. The average molecular weight is 366 g/mol. The lowest BCUT2D eigenvalue weighted by Gasteiger charge is -2.32. The molecule has 142 valence electrons. The Morgan fingerprint density at radius 3 is 2.89 bits per heavy atom. The summed E-state index contributed by atoms with van der Waals surface area (Å²) in [5.41, 5.74) is 2.57. The first-order valence-electron chi connectivity index (χ1n) is 9.90. The van der Waals surface area contributed by atoms with Crippen LogP contribution in [0, 0.1) is 0 Å². The van der Waals surface area contributed by atoms with Crippen molar-refractivity contribution < 1.29 is 9.32 Å². The summed E-state index contributed by atoms with van der Waals surface area (Å²) in [6.45, 7) is 3.71. The number of H-pyrrole nitrogens is 1. The highest BCUT2D eigenvalue weighted by atomic mass is 16.5. The molecule has 0 spiro atoms. The average Bonchev–Trinajstić information content (AvgIpc) is 3.33. The fourth-order valence-corrected chi connectivity index (χ4v) is 3.96. The Morgan fingerprint density at radius 2 is 2.07 bits per heavy atom. The van der Waals surface area contributed by atoms with E-state index >= 15 is 0 Å². The Bertz CT molecular complexity index is 906. The number of aromatic nitrogens is 3. The van der Waals surface area contributed by atoms with Gasteiger partial charge in [0.25, 0.3) is 0 Å². The summed E-state index contributed by atoms with van der Waals surface area (Å²) in [4.78, 5) is 22.2. The van der Waals surface area contributed by atoms with E-state index in [1.54, 1.807) is 0 Å². The van der Waals surface area contributed by atoms with Crippen LogP contribution in [0.3, 0.4) is 0 Å². The molecule has 0 unspecified atom stereocenters. The van der Waals surface area contributed by atoms with Crippen LogP contribution in [0.4, 0.5) is 0 Å². The highest BCUT2D eigenvalue weighted by Gasteiger charge is 2.25. The molecule has 0 radical (unpaired) electrons. The fourth-order valence-electron chi connectivity index (χ4n) is 3.96. The number of piperidine rings is 1. The quantitative estimate of drug-likeness (QED) is 0.719. The molecule has 1 amide bonds. The molecule has 6 heteroatoms. The number of amides is 1. The first-order chi connectivity index (χ1) is 13.2. The summed E-state index contributed by atoms with van der Waals surface area (Å²) in [6.07, 6.45) is 6.92. The smallest absolute Gasteiger partial charge is 0.227 e. The molecule has 1 fully saturated rings. The molecular weight excluding hydrogens is 340 g/mol. The molecule has 3 heterocycles. The van der Waals surface area contributed by atoms with Crippen molar-refractivity contribution in [3.8, 4) is 0 Å². The number of benzene rings is 1. The van der Waals surface area contributed by atoms with Crippen molar-refractivity contribution in [3.63, 3.8) is 0 Å². The fraction of sp³-hybridized carbons (Fsp3) is 0.476. The molecule has 2 aromatic heterocycles. The van der Waals surface area contributed by atoms with Crippen LogP contribution < -0.4 is 0 Å². The van der Waals surface area contributed by atoms with Crippen LogP contribution >= 0.6 is 0 Å². The predicted molar refractivity (Wildman–Crippen MR) is 103 cm³/mol. The van der Waals surface area contributed by atoms with Crippen LogP contribution in [0.1, 0.15) is 55.8 Å². The van der Waals surface area contributed by atoms with Gasteiger partial charge in [-0.3, -0.25) is 4.79 Å². The number of rotatable bonds is 6. The van der Waals surface area contributed by atoms with Crippen molar-refractivity contribution in [2.24, 2.45) is 0 Å². The van der Waals surface area contributed by atoms with Crippen LogP contribution in [-0.4, -0.2) is 39.0 Å². The molecular formula is C21H26N4O2. The molecule has 4 rings (SSSR count). The number of hydrogen-bond acceptors (Lipinski definition) is 4. The molecule has 0 saturated carbocycles. The zero-order valence-electron chi connectivity index (χ0n) is 15.8. The number of fused-ring (bicyclic) bond motifs is 1. The van der Waals surface area contributed by atoms with E-state index in [0.717, 1.165) is 44.6 Å². The van der Waals surface area contributed by atoms with Crippen LogP contribution in [0.2, 0.25) is 0 Å². The van der Waals surface area contributed by atoms with Gasteiger partial charge < -0.3 is 14.4 Å². The van der Waals surface area contributed by atoms with E-state index in [0.29, 0.717) is 24.7 Å². The standard InChI is InChI=1S/C21H26N4O2/c1-2-5-19-23-20(27-24-19)8-9-21(26)25-12-10-15(11-13-25)17-14-22-18-7-4-3-6-16(17)18/h3-4,6-7,14-15,22H,2,5,8-13H2,1H3. The minimum atomic E-state index is 0.183. The van der Waals surface area contributed by atoms with E-state index < -0.39 is 0 Å². The van der Waals surface area contributed by atoms with Gasteiger partial charge in [-0.2, -0.15) is 4.98 Å². The largest absolute Gasteiger partial charge is 0.361 e. The lowest BCUT2D eigenvalue weighted by Crippen LogP contribution is -2.38. The van der Waals surface area contributed by atoms with Crippen molar-refractivity contribution in [2.45, 2.75) is 51.4 Å². The maximum atomic E-state index is 12.5. The molecule has 0 atom stereocenters. The Morgan fingerprint density at radius 1 is 1.26 bits per heavy atom. The Hall–Kier alpha value is -2.63. The maximum Gasteiger partial charge on any atom is 0.227 e. The number of carbonyl (C=O) groups is 1. The molecule has 6 nitrogen and oxygen atoms in total. The number of hydrogen-bond donors (Lipinski definition) is 1. The van der Waals surface area contributed by atoms with Gasteiger partial charge in [0, 0.05) is 49.5 Å². The van der Waals surface area contributed by atoms with Crippen molar-refractivity contribution in [1.82, 2.24) is 20.0 Å². The van der Waals surface area contributed by atoms with Gasteiger partial charge in [-0.15, -0.1) is 0 Å². The van der Waals surface area contributed by atoms with Crippen LogP contribution in [0.25, 0.3) is 10.9 Å². The number of nitrogens with one attached hydrogen (secondary N) is 1. The Kier molecular flexibility index (Phi) is 5.23. The molecule has 1 aliphatic rings. The predicted octanol–water partition coefficient (Wildman–Crippen LogP) is 3.84. The molecule has 3 aromatic rings. The van der Waals surface area contributed by atoms with Crippen LogP contribution in [0.15, 0.2) is 35.0 Å². The summed E-state index contributed by atoms with van der Waals surface area (Å²) in [5, 5.41) is 5.25. The highest BCUT2D eigenvalue weighted by molar-refractivity contribution is 5.83. The number of nitrogens with zero attached hydrogens (tertiary/aromatic N) is 3. The highest BCUT2D eigenvalue weighted by Crippen LogP contribution is 2.33. The van der Waals surface area contributed by atoms with E-state index in [1.807, 2.05) is 4.90 Å². The number of para-hydroxylation sites is 1. The van der Waals surface area contributed by atoms with Gasteiger partial charge in [0.15, 0.2) is 5.82 Å². The molecule has 0 aliphatic carbocycles. The second-order valence-electron chi connectivity index (χ2n) is 7.30. The topological polar surface area (TPSA) is 75.0 Å². The first kappa shape index (κ1) is 17.8. The van der Waals surface area contributed by atoms with Crippen molar-refractivity contribution in [3.05, 3.63) is 47.7 Å². The zero-order chi connectivity index (χ0) is 18.6. The maximum absolute atomic E-state index is 12.5. The lowest BCUT2D eigenvalue weighted by molar-refractivity contribution is -0.132. The normalized spacial score (nSPS) is 15.5. The number of aromatic amines is 1. The number of aryl methyl sites for hydroxylation is 2. The van der Waals surface area contributed by atoms with Crippen LogP contribution in [-0.2, 0) is 17.6 Å². The van der Waals surface area contributed by atoms with Gasteiger partial charge in [0.05, 0.1) is 0 Å². The third-order valence-electron chi connectivity index (χ3n) is 5.45. The monoisotopic (exact) mass is 366 g/mol. The van der Waals surface area contributed by atoms with Crippen molar-refractivity contribution in [1.29, 1.82) is 0 Å². The van der Waals surface area contributed by atoms with Gasteiger partial charge in [-0.1, -0.05) is 30.3 Å². The van der Waals surface area contributed by atoms with E-state index in [2.05, 4.69) is 52.5 Å². The van der Waals surface area contributed by atoms with E-state index in [-0.39, 0.29) is 5.91 Å². The first-order valence-corrected chi connectivity index (χ1v) is 9.90. The minimum absolute atomic E-state index is 0.183. The summed E-state index contributed by atoms with van der Waals surface area (Å²) >= 11 is 0. The van der Waals surface area contributed by atoms with E-state index in [4.69, 9.17) is 4.52 Å². The van der Waals surface area contributed by atoms with Gasteiger partial charge in [0.2, 0.25) is 11.8 Å². The SMILES string of the molecule is CCCc1noc(CCC(=O)N2CCC(c3c[nH]c4ccccc34)CC2)n1. The third-order valence-corrected chi connectivity index (χ3v) is 5.45. The van der Waals surface area contributed by atoms with Gasteiger partial charge >= 0.3 is 0 Å². The lowest BCUT2D eigenvalue weighted by atomic mass is 9.89. The van der Waals surface area contributed by atoms with E-state index in [9.17, 15) is 4.79 Å². The zero-order valence-corrected chi connectivity index (χ0v) is 15.8. The Labute approximate surface area is 158 Å². The van der Waals surface area contributed by atoms with E-state index in [1.165, 1.54) is 16.5 Å². The molecule has 1 aliphatic heterocycles. The van der Waals surface area contributed by atoms with Crippen molar-refractivity contribution in [2.75, 3.05) is 13.1 Å². The number of carbonyl (C=O) groups excluding carboxylic acids is 1. The second-order valence-corrected chi connectivity index (χ2v) is 7.30. The van der Waals surface area contributed by atoms with Crippen LogP contribution in [0.5, 0.6) is 0 Å². The van der Waals surface area contributed by atoms with Gasteiger partial charge in [-0.25, -0.2) is 0 Å². The summed E-state index contributed by atoms with van der Waals surface area (Å²) < 4.78 is 5.23. The van der Waals surface area contributed by atoms with Gasteiger partial charge in [0.1, 0.15) is 0 Å². The molecule has 0 bridgehead atoms. The minimum Gasteiger partial charge on any atom is -0.361 e. The number of likely N-dealkylation sites (tertiary alicyclic amines) is 1. The summed E-state index contributed by atoms with van der Waals surface area (Å²) in [7, 11) is 0. The molecule has 1 saturated heterocycles.